The van der Waals surface area contributed by atoms with Gasteiger partial charge in [-0.3, -0.25) is 0 Å². The Bertz CT molecular complexity index is 430. The second-order valence-corrected chi connectivity index (χ2v) is 2.85. The fourth-order valence-corrected chi connectivity index (χ4v) is 1.34. The van der Waals surface area contributed by atoms with E-state index in [9.17, 15) is 0 Å². The van der Waals surface area contributed by atoms with Crippen molar-refractivity contribution in [3.8, 4) is 0 Å². The van der Waals surface area contributed by atoms with Gasteiger partial charge in [0.05, 0.1) is 17.7 Å². The van der Waals surface area contributed by atoms with Crippen molar-refractivity contribution in [1.29, 1.82) is 0 Å². The Morgan fingerprint density at radius 1 is 1.42 bits per heavy atom. The monoisotopic (exact) mass is 162 g/mol. The van der Waals surface area contributed by atoms with E-state index in [0.717, 1.165) is 16.9 Å². The van der Waals surface area contributed by atoms with E-state index in [-0.39, 0.29) is 0 Å². The molecule has 2 N–H and O–H groups in total. The minimum atomic E-state index is 0.546. The summed E-state index contributed by atoms with van der Waals surface area (Å²) >= 11 is 0. The lowest BCUT2D eigenvalue weighted by Gasteiger charge is -1.99. The summed E-state index contributed by atoms with van der Waals surface area (Å²) in [6.45, 7) is 3.83. The maximum Gasteiger partial charge on any atom is 0.149 e. The molecule has 0 bridgehead atoms. The van der Waals surface area contributed by atoms with Crippen LogP contribution in [-0.2, 0) is 0 Å². The third-order valence-electron chi connectivity index (χ3n) is 1.84. The van der Waals surface area contributed by atoms with Crippen LogP contribution in [0.1, 0.15) is 11.4 Å². The highest BCUT2D eigenvalue weighted by atomic mass is 15.0. The summed E-state index contributed by atoms with van der Waals surface area (Å²) < 4.78 is 1.90. The van der Waals surface area contributed by atoms with Gasteiger partial charge in [-0.25, -0.2) is 9.97 Å². The van der Waals surface area contributed by atoms with Gasteiger partial charge in [0.25, 0.3) is 0 Å². The van der Waals surface area contributed by atoms with Gasteiger partial charge in [0.15, 0.2) is 0 Å². The summed E-state index contributed by atoms with van der Waals surface area (Å²) in [5.41, 5.74) is 8.45. The standard InChI is InChI=1S/C8H10N4/c1-5-3-12-4-10-6(2)7(12)8(9)11-5/h3-4H,1-2H3,(H2,9,11). The number of rotatable bonds is 0. The first-order valence-corrected chi connectivity index (χ1v) is 3.75. The van der Waals surface area contributed by atoms with Crippen LogP contribution in [0.5, 0.6) is 0 Å². The van der Waals surface area contributed by atoms with Crippen LogP contribution in [0, 0.1) is 13.8 Å². The van der Waals surface area contributed by atoms with Gasteiger partial charge in [0, 0.05) is 6.20 Å². The Labute approximate surface area is 70.1 Å². The molecule has 0 fully saturated rings. The number of hydrogen-bond donors (Lipinski definition) is 1. The van der Waals surface area contributed by atoms with E-state index in [2.05, 4.69) is 9.97 Å². The molecular formula is C8H10N4. The topological polar surface area (TPSA) is 56.2 Å². The highest BCUT2D eigenvalue weighted by Gasteiger charge is 2.04. The highest BCUT2D eigenvalue weighted by molar-refractivity contribution is 5.68. The predicted molar refractivity (Wildman–Crippen MR) is 46.9 cm³/mol. The molecule has 0 saturated heterocycles. The highest BCUT2D eigenvalue weighted by Crippen LogP contribution is 2.14. The van der Waals surface area contributed by atoms with E-state index in [1.165, 1.54) is 0 Å². The van der Waals surface area contributed by atoms with Gasteiger partial charge < -0.3 is 10.1 Å². The molecule has 4 heteroatoms. The van der Waals surface area contributed by atoms with Crippen LogP contribution in [0.2, 0.25) is 0 Å². The molecule has 0 aliphatic heterocycles. The van der Waals surface area contributed by atoms with Crippen molar-refractivity contribution in [3.05, 3.63) is 23.9 Å². The van der Waals surface area contributed by atoms with Crippen molar-refractivity contribution in [3.63, 3.8) is 0 Å². The molecule has 0 radical (unpaired) electrons. The molecule has 2 heterocycles. The van der Waals surface area contributed by atoms with Crippen molar-refractivity contribution in [2.24, 2.45) is 0 Å². The van der Waals surface area contributed by atoms with E-state index in [0.29, 0.717) is 5.82 Å². The normalized spacial score (nSPS) is 10.8. The molecule has 0 atom stereocenters. The number of nitrogens with two attached hydrogens (primary N) is 1. The van der Waals surface area contributed by atoms with Crippen molar-refractivity contribution in [2.75, 3.05) is 5.73 Å². The lowest BCUT2D eigenvalue weighted by Crippen LogP contribution is -1.97. The Hall–Kier alpha value is -1.58. The smallest absolute Gasteiger partial charge is 0.149 e. The van der Waals surface area contributed by atoms with Gasteiger partial charge in [0.1, 0.15) is 11.3 Å². The maximum absolute atomic E-state index is 5.73. The average Bonchev–Trinajstić information content (AvgIpc) is 2.31. The molecule has 0 unspecified atom stereocenters. The van der Waals surface area contributed by atoms with Crippen LogP contribution < -0.4 is 5.73 Å². The predicted octanol–water partition coefficient (Wildman–Crippen LogP) is 0.928. The van der Waals surface area contributed by atoms with Crippen molar-refractivity contribution in [1.82, 2.24) is 14.4 Å². The molecular weight excluding hydrogens is 152 g/mol. The summed E-state index contributed by atoms with van der Waals surface area (Å²) in [6, 6.07) is 0. The average molecular weight is 162 g/mol. The SMILES string of the molecule is Cc1cn2cnc(C)c2c(N)n1. The quantitative estimate of drug-likeness (QED) is 0.627. The molecule has 12 heavy (non-hydrogen) atoms. The Morgan fingerprint density at radius 3 is 2.92 bits per heavy atom. The van der Waals surface area contributed by atoms with Gasteiger partial charge in [0.2, 0.25) is 0 Å². The molecule has 2 rings (SSSR count). The van der Waals surface area contributed by atoms with Crippen LogP contribution in [0.25, 0.3) is 5.52 Å². The summed E-state index contributed by atoms with van der Waals surface area (Å²) in [7, 11) is 0. The molecule has 0 aliphatic rings. The fraction of sp³-hybridized carbons (Fsp3) is 0.250. The van der Waals surface area contributed by atoms with Crippen LogP contribution in [0.3, 0.4) is 0 Å². The number of fused-ring (bicyclic) bond motifs is 1. The summed E-state index contributed by atoms with van der Waals surface area (Å²) in [5, 5.41) is 0. The largest absolute Gasteiger partial charge is 0.382 e. The first-order valence-electron chi connectivity index (χ1n) is 3.75. The van der Waals surface area contributed by atoms with E-state index >= 15 is 0 Å². The third-order valence-corrected chi connectivity index (χ3v) is 1.84. The molecule has 62 valence electrons. The Morgan fingerprint density at radius 2 is 2.17 bits per heavy atom. The Balaban J connectivity index is 2.93. The van der Waals surface area contributed by atoms with E-state index in [4.69, 9.17) is 5.73 Å². The molecule has 0 saturated carbocycles. The van der Waals surface area contributed by atoms with E-state index in [1.54, 1.807) is 6.33 Å². The van der Waals surface area contributed by atoms with Crippen molar-refractivity contribution in [2.45, 2.75) is 13.8 Å². The zero-order chi connectivity index (χ0) is 8.72. The van der Waals surface area contributed by atoms with Gasteiger partial charge >= 0.3 is 0 Å². The second kappa shape index (κ2) is 2.20. The third kappa shape index (κ3) is 0.845. The summed E-state index contributed by atoms with van der Waals surface area (Å²) in [4.78, 5) is 8.29. The number of nitrogens with zero attached hydrogens (tertiary/aromatic N) is 3. The zero-order valence-corrected chi connectivity index (χ0v) is 7.07. The number of imidazole rings is 1. The lowest BCUT2D eigenvalue weighted by molar-refractivity contribution is 1.07. The fourth-order valence-electron chi connectivity index (χ4n) is 1.34. The number of hydrogen-bond acceptors (Lipinski definition) is 3. The number of anilines is 1. The molecule has 4 nitrogen and oxygen atoms in total. The number of aryl methyl sites for hydroxylation is 2. The van der Waals surface area contributed by atoms with Gasteiger partial charge in [-0.2, -0.15) is 0 Å². The molecule has 0 spiro atoms. The van der Waals surface area contributed by atoms with Gasteiger partial charge in [-0.1, -0.05) is 0 Å². The van der Waals surface area contributed by atoms with Crippen molar-refractivity contribution < 1.29 is 0 Å². The van der Waals surface area contributed by atoms with Crippen molar-refractivity contribution >= 4 is 11.3 Å². The number of nitrogen functional groups attached to an aromatic ring is 1. The maximum atomic E-state index is 5.73. The molecule has 0 aromatic carbocycles. The van der Waals surface area contributed by atoms with E-state index < -0.39 is 0 Å². The van der Waals surface area contributed by atoms with Crippen LogP contribution in [0.4, 0.5) is 5.82 Å². The molecule has 2 aromatic heterocycles. The van der Waals surface area contributed by atoms with Crippen LogP contribution >= 0.6 is 0 Å². The first kappa shape index (κ1) is 7.09. The Kier molecular flexibility index (Phi) is 1.30. The van der Waals surface area contributed by atoms with Crippen LogP contribution in [0.15, 0.2) is 12.5 Å². The zero-order valence-electron chi connectivity index (χ0n) is 7.07. The van der Waals surface area contributed by atoms with Gasteiger partial charge in [-0.15, -0.1) is 0 Å². The second-order valence-electron chi connectivity index (χ2n) is 2.85. The summed E-state index contributed by atoms with van der Waals surface area (Å²) in [6.07, 6.45) is 3.65. The minimum Gasteiger partial charge on any atom is -0.382 e. The van der Waals surface area contributed by atoms with E-state index in [1.807, 2.05) is 24.4 Å². The molecule has 2 aromatic rings. The molecule has 0 aliphatic carbocycles. The molecule has 0 amide bonds. The first-order chi connectivity index (χ1) is 5.68. The minimum absolute atomic E-state index is 0.546. The summed E-state index contributed by atoms with van der Waals surface area (Å²) in [5.74, 6) is 0.546. The lowest BCUT2D eigenvalue weighted by atomic mass is 10.4. The number of aromatic nitrogens is 3. The van der Waals surface area contributed by atoms with Gasteiger partial charge in [-0.05, 0) is 13.8 Å². The van der Waals surface area contributed by atoms with Crippen LogP contribution in [-0.4, -0.2) is 14.4 Å².